The largest absolute Gasteiger partial charge is 0.417 e. The van der Waals surface area contributed by atoms with Gasteiger partial charge in [-0.25, -0.2) is 0 Å². The van der Waals surface area contributed by atoms with Crippen molar-refractivity contribution >= 4 is 24.2 Å². The smallest absolute Gasteiger partial charge is 0.322 e. The Morgan fingerprint density at radius 3 is 2.61 bits per heavy atom. The maximum Gasteiger partial charge on any atom is 0.417 e. The minimum atomic E-state index is -4.65. The fourth-order valence-electron chi connectivity index (χ4n) is 1.21. The fraction of sp³-hybridized carbons (Fsp3) is 0.0909. The molecule has 1 amide bonds. The van der Waals surface area contributed by atoms with Gasteiger partial charge in [-0.15, -0.1) is 0 Å². The third-order valence-electron chi connectivity index (χ3n) is 1.94. The molecule has 1 aromatic carbocycles. The number of benzene rings is 1. The maximum absolute atomic E-state index is 12.6. The molecule has 0 aliphatic carbocycles. The first-order valence-corrected chi connectivity index (χ1v) is 5.13. The van der Waals surface area contributed by atoms with Crippen LogP contribution in [0.2, 0.25) is 0 Å². The van der Waals surface area contributed by atoms with E-state index in [1.807, 2.05) is 0 Å². The zero-order valence-electron chi connectivity index (χ0n) is 8.82. The molecule has 7 heteroatoms. The Bertz CT molecular complexity index is 532. The van der Waals surface area contributed by atoms with Crippen LogP contribution < -0.4 is 5.32 Å². The van der Waals surface area contributed by atoms with Crippen LogP contribution in [0.4, 0.5) is 18.9 Å². The van der Waals surface area contributed by atoms with Gasteiger partial charge in [-0.3, -0.25) is 4.79 Å². The van der Waals surface area contributed by atoms with E-state index in [2.05, 4.69) is 17.9 Å². The molecule has 0 saturated carbocycles. The number of alkyl halides is 3. The predicted octanol–water partition coefficient (Wildman–Crippen LogP) is 2.96. The van der Waals surface area contributed by atoms with Crippen LogP contribution in [-0.4, -0.2) is 5.91 Å². The molecule has 0 heterocycles. The molecule has 0 saturated heterocycles. The maximum atomic E-state index is 12.6. The number of thiol groups is 1. The van der Waals surface area contributed by atoms with E-state index in [1.54, 1.807) is 0 Å². The Hall–Kier alpha value is -1.94. The highest BCUT2D eigenvalue weighted by atomic mass is 32.1. The van der Waals surface area contributed by atoms with E-state index in [0.29, 0.717) is 6.07 Å². The van der Waals surface area contributed by atoms with Crippen LogP contribution in [0, 0.1) is 11.3 Å². The Labute approximate surface area is 106 Å². The number of nitrogens with one attached hydrogen (secondary N) is 1. The summed E-state index contributed by atoms with van der Waals surface area (Å²) < 4.78 is 37.8. The van der Waals surface area contributed by atoms with Gasteiger partial charge >= 0.3 is 6.18 Å². The Morgan fingerprint density at radius 2 is 2.11 bits per heavy atom. The molecular formula is C11H7F3N2OS. The second kappa shape index (κ2) is 5.60. The highest BCUT2D eigenvalue weighted by Crippen LogP contribution is 2.33. The second-order valence-corrected chi connectivity index (χ2v) is 3.47. The third-order valence-corrected chi connectivity index (χ3v) is 2.09. The van der Waals surface area contributed by atoms with Crippen molar-refractivity contribution in [3.8, 4) is 6.07 Å². The lowest BCUT2D eigenvalue weighted by Crippen LogP contribution is -2.11. The minimum Gasteiger partial charge on any atom is -0.322 e. The average molecular weight is 272 g/mol. The number of halogens is 3. The van der Waals surface area contributed by atoms with Gasteiger partial charge in [0, 0.05) is 11.8 Å². The molecule has 1 rings (SSSR count). The van der Waals surface area contributed by atoms with E-state index in [1.165, 1.54) is 12.1 Å². The summed E-state index contributed by atoms with van der Waals surface area (Å²) in [5.74, 6) is -0.608. The molecule has 0 atom stereocenters. The molecular weight excluding hydrogens is 265 g/mol. The molecule has 0 fully saturated rings. The number of carbonyl (C=O) groups excluding carboxylic acids is 1. The van der Waals surface area contributed by atoms with Crippen molar-refractivity contribution in [1.29, 1.82) is 5.26 Å². The minimum absolute atomic E-state index is 0.0437. The lowest BCUT2D eigenvalue weighted by atomic mass is 10.1. The Morgan fingerprint density at radius 1 is 1.44 bits per heavy atom. The molecule has 0 radical (unpaired) electrons. The summed E-state index contributed by atoms with van der Waals surface area (Å²) in [5.41, 5.74) is -1.62. The molecule has 1 N–H and O–H groups in total. The Kier molecular flexibility index (Phi) is 4.39. The number of hydrogen-bond acceptors (Lipinski definition) is 3. The van der Waals surface area contributed by atoms with Crippen LogP contribution in [0.5, 0.6) is 0 Å². The third kappa shape index (κ3) is 3.53. The summed E-state index contributed by atoms with van der Waals surface area (Å²) in [6, 6.07) is 4.38. The van der Waals surface area contributed by atoms with Gasteiger partial charge in [0.1, 0.15) is 0 Å². The molecule has 0 aromatic heterocycles. The molecule has 0 unspecified atom stereocenters. The van der Waals surface area contributed by atoms with Crippen molar-refractivity contribution in [3.63, 3.8) is 0 Å². The van der Waals surface area contributed by atoms with Crippen LogP contribution in [0.3, 0.4) is 0 Å². The van der Waals surface area contributed by atoms with Gasteiger partial charge in [0.05, 0.1) is 17.2 Å². The number of amides is 1. The average Bonchev–Trinajstić information content (AvgIpc) is 2.28. The van der Waals surface area contributed by atoms with Crippen molar-refractivity contribution in [3.05, 3.63) is 40.8 Å². The van der Waals surface area contributed by atoms with E-state index in [0.717, 1.165) is 17.6 Å². The SMILES string of the molecule is N#Cc1ccc(NC(=O)/C=C\S)cc1C(F)(F)F. The number of anilines is 1. The lowest BCUT2D eigenvalue weighted by Gasteiger charge is -2.10. The molecule has 0 aliphatic rings. The van der Waals surface area contributed by atoms with E-state index in [-0.39, 0.29) is 5.69 Å². The first-order chi connectivity index (χ1) is 8.38. The van der Waals surface area contributed by atoms with Crippen molar-refractivity contribution in [2.24, 2.45) is 0 Å². The molecule has 0 spiro atoms. The van der Waals surface area contributed by atoms with Crippen molar-refractivity contribution in [2.75, 3.05) is 5.32 Å². The summed E-state index contributed by atoms with van der Waals surface area (Å²) in [5, 5.41) is 12.0. The number of hydrogen-bond donors (Lipinski definition) is 2. The highest BCUT2D eigenvalue weighted by Gasteiger charge is 2.33. The molecule has 0 bridgehead atoms. The zero-order valence-corrected chi connectivity index (χ0v) is 9.72. The van der Waals surface area contributed by atoms with Gasteiger partial charge in [-0.05, 0) is 23.6 Å². The van der Waals surface area contributed by atoms with Gasteiger partial charge in [-0.2, -0.15) is 31.1 Å². The Balaban J connectivity index is 3.12. The van der Waals surface area contributed by atoms with Crippen LogP contribution >= 0.6 is 12.6 Å². The second-order valence-electron chi connectivity index (χ2n) is 3.17. The molecule has 18 heavy (non-hydrogen) atoms. The number of rotatable bonds is 2. The normalized spacial score (nSPS) is 11.3. The first-order valence-electron chi connectivity index (χ1n) is 4.61. The molecule has 1 aromatic rings. The molecule has 0 aliphatic heterocycles. The van der Waals surface area contributed by atoms with E-state index in [4.69, 9.17) is 5.26 Å². The summed E-state index contributed by atoms with van der Waals surface area (Å²) in [7, 11) is 0. The summed E-state index contributed by atoms with van der Waals surface area (Å²) in [6.07, 6.45) is -3.60. The first kappa shape index (κ1) is 14.1. The van der Waals surface area contributed by atoms with Gasteiger partial charge in [0.25, 0.3) is 0 Å². The number of nitriles is 1. The quantitative estimate of drug-likeness (QED) is 0.642. The van der Waals surface area contributed by atoms with Crippen LogP contribution in [0.1, 0.15) is 11.1 Å². The van der Waals surface area contributed by atoms with Gasteiger partial charge in [0.15, 0.2) is 0 Å². The zero-order chi connectivity index (χ0) is 13.8. The van der Waals surface area contributed by atoms with E-state index in [9.17, 15) is 18.0 Å². The predicted molar refractivity (Wildman–Crippen MR) is 62.9 cm³/mol. The van der Waals surface area contributed by atoms with Gasteiger partial charge < -0.3 is 5.32 Å². The summed E-state index contributed by atoms with van der Waals surface area (Å²) >= 11 is 3.66. The number of nitrogens with zero attached hydrogens (tertiary/aromatic N) is 1. The van der Waals surface area contributed by atoms with Crippen molar-refractivity contribution < 1.29 is 18.0 Å². The van der Waals surface area contributed by atoms with Crippen LogP contribution in [0.15, 0.2) is 29.7 Å². The monoisotopic (exact) mass is 272 g/mol. The summed E-state index contributed by atoms with van der Waals surface area (Å²) in [4.78, 5) is 11.1. The topological polar surface area (TPSA) is 52.9 Å². The standard InChI is InChI=1S/C11H7F3N2OS/c12-11(13,14)9-5-8(2-1-7(9)6-15)16-10(17)3-4-18/h1-5,18H,(H,16,17)/b4-3-. The van der Waals surface area contributed by atoms with E-state index < -0.39 is 23.2 Å². The van der Waals surface area contributed by atoms with Crippen molar-refractivity contribution in [1.82, 2.24) is 0 Å². The molecule has 3 nitrogen and oxygen atoms in total. The van der Waals surface area contributed by atoms with Crippen LogP contribution in [0.25, 0.3) is 0 Å². The van der Waals surface area contributed by atoms with Gasteiger partial charge in [-0.1, -0.05) is 0 Å². The molecule has 94 valence electrons. The van der Waals surface area contributed by atoms with Gasteiger partial charge in [0.2, 0.25) is 5.91 Å². The van der Waals surface area contributed by atoms with E-state index >= 15 is 0 Å². The number of carbonyl (C=O) groups is 1. The summed E-state index contributed by atoms with van der Waals surface area (Å²) in [6.45, 7) is 0. The lowest BCUT2D eigenvalue weighted by molar-refractivity contribution is -0.137. The van der Waals surface area contributed by atoms with Crippen LogP contribution in [-0.2, 0) is 11.0 Å². The van der Waals surface area contributed by atoms with Crippen molar-refractivity contribution in [2.45, 2.75) is 6.18 Å². The highest BCUT2D eigenvalue weighted by molar-refractivity contribution is 7.83. The fourth-order valence-corrected chi connectivity index (χ4v) is 1.34.